The van der Waals surface area contributed by atoms with E-state index in [0.29, 0.717) is 17.7 Å². The molecular weight excluding hydrogens is 232 g/mol. The zero-order chi connectivity index (χ0) is 13.1. The zero-order valence-electron chi connectivity index (χ0n) is 10.4. The molecule has 0 spiro atoms. The van der Waals surface area contributed by atoms with Crippen molar-refractivity contribution in [2.75, 3.05) is 7.05 Å². The van der Waals surface area contributed by atoms with Gasteiger partial charge in [0.25, 0.3) is 0 Å². The van der Waals surface area contributed by atoms with Crippen molar-refractivity contribution in [1.29, 1.82) is 0 Å². The number of nitrogens with one attached hydrogen (secondary N) is 1. The number of hydrogen-bond acceptors (Lipinski definition) is 1. The van der Waals surface area contributed by atoms with Crippen molar-refractivity contribution in [3.63, 3.8) is 0 Å². The molecule has 0 aliphatic carbocycles. The van der Waals surface area contributed by atoms with Crippen molar-refractivity contribution < 1.29 is 8.78 Å². The van der Waals surface area contributed by atoms with E-state index in [1.165, 1.54) is 18.2 Å². The molecule has 0 aliphatic heterocycles. The summed E-state index contributed by atoms with van der Waals surface area (Å²) in [5.74, 6) is -0.583. The van der Waals surface area contributed by atoms with Gasteiger partial charge in [0, 0.05) is 12.1 Å². The molecule has 0 atom stereocenters. The first-order valence-corrected chi connectivity index (χ1v) is 5.81. The Morgan fingerprint density at radius 3 is 2.50 bits per heavy atom. The molecule has 0 radical (unpaired) electrons. The van der Waals surface area contributed by atoms with Gasteiger partial charge >= 0.3 is 0 Å². The van der Waals surface area contributed by atoms with Crippen molar-refractivity contribution in [1.82, 2.24) is 5.32 Å². The molecule has 1 N–H and O–H groups in total. The third kappa shape index (κ3) is 2.57. The Labute approximate surface area is 105 Å². The average molecular weight is 247 g/mol. The van der Waals surface area contributed by atoms with Crippen LogP contribution in [0.25, 0.3) is 11.1 Å². The van der Waals surface area contributed by atoms with Gasteiger partial charge in [0.15, 0.2) is 0 Å². The van der Waals surface area contributed by atoms with Gasteiger partial charge in [-0.25, -0.2) is 8.78 Å². The summed E-state index contributed by atoms with van der Waals surface area (Å²) < 4.78 is 27.1. The predicted molar refractivity (Wildman–Crippen MR) is 69.3 cm³/mol. The maximum Gasteiger partial charge on any atom is 0.128 e. The molecule has 0 bridgehead atoms. The topological polar surface area (TPSA) is 12.0 Å². The highest BCUT2D eigenvalue weighted by atomic mass is 19.1. The lowest BCUT2D eigenvalue weighted by Gasteiger charge is -2.09. The van der Waals surface area contributed by atoms with Crippen LogP contribution in [0, 0.1) is 18.6 Å². The van der Waals surface area contributed by atoms with Gasteiger partial charge in [0.05, 0.1) is 0 Å². The van der Waals surface area contributed by atoms with Gasteiger partial charge in [-0.15, -0.1) is 0 Å². The molecule has 0 heterocycles. The summed E-state index contributed by atoms with van der Waals surface area (Å²) in [5.41, 5.74) is 2.96. The van der Waals surface area contributed by atoms with Crippen LogP contribution >= 0.6 is 0 Å². The van der Waals surface area contributed by atoms with Gasteiger partial charge in [-0.1, -0.05) is 18.2 Å². The van der Waals surface area contributed by atoms with E-state index in [0.717, 1.165) is 11.1 Å². The van der Waals surface area contributed by atoms with Crippen LogP contribution in [0.15, 0.2) is 36.4 Å². The first kappa shape index (κ1) is 12.7. The lowest BCUT2D eigenvalue weighted by molar-refractivity contribution is 0.601. The van der Waals surface area contributed by atoms with Crippen molar-refractivity contribution >= 4 is 0 Å². The van der Waals surface area contributed by atoms with E-state index in [9.17, 15) is 8.78 Å². The minimum absolute atomic E-state index is 0.273. The zero-order valence-corrected chi connectivity index (χ0v) is 10.4. The van der Waals surface area contributed by atoms with Crippen LogP contribution in [-0.2, 0) is 6.54 Å². The van der Waals surface area contributed by atoms with E-state index in [1.54, 1.807) is 19.2 Å². The van der Waals surface area contributed by atoms with E-state index < -0.39 is 0 Å². The van der Waals surface area contributed by atoms with Crippen molar-refractivity contribution in [2.24, 2.45) is 0 Å². The first-order chi connectivity index (χ1) is 8.61. The minimum Gasteiger partial charge on any atom is -0.316 e. The molecule has 2 aromatic rings. The summed E-state index contributed by atoms with van der Waals surface area (Å²) in [7, 11) is 1.77. The molecule has 0 saturated heterocycles. The Bertz CT molecular complexity index is 564. The second kappa shape index (κ2) is 5.27. The largest absolute Gasteiger partial charge is 0.316 e. The third-order valence-electron chi connectivity index (χ3n) is 2.93. The second-order valence-electron chi connectivity index (χ2n) is 4.30. The maximum atomic E-state index is 13.8. The minimum atomic E-state index is -0.310. The summed E-state index contributed by atoms with van der Waals surface area (Å²) in [4.78, 5) is 0. The van der Waals surface area contributed by atoms with E-state index in [1.807, 2.05) is 13.0 Å². The quantitative estimate of drug-likeness (QED) is 0.872. The smallest absolute Gasteiger partial charge is 0.128 e. The van der Waals surface area contributed by atoms with Crippen LogP contribution in [0.1, 0.15) is 11.1 Å². The first-order valence-electron chi connectivity index (χ1n) is 5.81. The predicted octanol–water partition coefficient (Wildman–Crippen LogP) is 3.66. The molecule has 0 unspecified atom stereocenters. The Morgan fingerprint density at radius 1 is 1.06 bits per heavy atom. The Kier molecular flexibility index (Phi) is 3.72. The number of hydrogen-bond donors (Lipinski definition) is 1. The molecule has 0 fully saturated rings. The van der Waals surface area contributed by atoms with E-state index >= 15 is 0 Å². The molecule has 0 amide bonds. The molecule has 2 aromatic carbocycles. The van der Waals surface area contributed by atoms with Gasteiger partial charge in [0.2, 0.25) is 0 Å². The maximum absolute atomic E-state index is 13.8. The Morgan fingerprint density at radius 2 is 1.83 bits per heavy atom. The standard InChI is InChI=1S/C15H15F2N/c1-10-3-6-13(16)8-14(10)11-4-5-12(9-18-2)15(17)7-11/h3-8,18H,9H2,1-2H3. The van der Waals surface area contributed by atoms with Gasteiger partial charge in [-0.2, -0.15) is 0 Å². The molecule has 0 saturated carbocycles. The summed E-state index contributed by atoms with van der Waals surface area (Å²) >= 11 is 0. The Balaban J connectivity index is 2.45. The highest BCUT2D eigenvalue weighted by Crippen LogP contribution is 2.26. The van der Waals surface area contributed by atoms with E-state index in [4.69, 9.17) is 0 Å². The van der Waals surface area contributed by atoms with E-state index in [-0.39, 0.29) is 11.6 Å². The fourth-order valence-corrected chi connectivity index (χ4v) is 1.95. The molecule has 0 aliphatic rings. The van der Waals surface area contributed by atoms with Crippen LogP contribution in [0.3, 0.4) is 0 Å². The number of aryl methyl sites for hydroxylation is 1. The lowest BCUT2D eigenvalue weighted by atomic mass is 9.99. The van der Waals surface area contributed by atoms with Crippen LogP contribution in [-0.4, -0.2) is 7.05 Å². The number of benzene rings is 2. The normalized spacial score (nSPS) is 10.7. The monoisotopic (exact) mass is 247 g/mol. The summed E-state index contributed by atoms with van der Waals surface area (Å²) in [6.07, 6.45) is 0. The van der Waals surface area contributed by atoms with Crippen molar-refractivity contribution in [3.8, 4) is 11.1 Å². The van der Waals surface area contributed by atoms with Gasteiger partial charge < -0.3 is 5.32 Å². The molecule has 3 heteroatoms. The highest BCUT2D eigenvalue weighted by molar-refractivity contribution is 5.67. The molecule has 94 valence electrons. The van der Waals surface area contributed by atoms with Gasteiger partial charge in [0.1, 0.15) is 11.6 Å². The SMILES string of the molecule is CNCc1ccc(-c2cc(F)ccc2C)cc1F. The van der Waals surface area contributed by atoms with E-state index in [2.05, 4.69) is 5.32 Å². The summed E-state index contributed by atoms with van der Waals surface area (Å²) in [6.45, 7) is 2.36. The van der Waals surface area contributed by atoms with Crippen LogP contribution in [0.5, 0.6) is 0 Å². The second-order valence-corrected chi connectivity index (χ2v) is 4.30. The molecule has 0 aromatic heterocycles. The molecule has 2 rings (SSSR count). The van der Waals surface area contributed by atoms with Crippen LogP contribution in [0.2, 0.25) is 0 Å². The number of rotatable bonds is 3. The molecule has 1 nitrogen and oxygen atoms in total. The third-order valence-corrected chi connectivity index (χ3v) is 2.93. The van der Waals surface area contributed by atoms with Crippen LogP contribution < -0.4 is 5.32 Å². The number of halogens is 2. The molecule has 18 heavy (non-hydrogen) atoms. The highest BCUT2D eigenvalue weighted by Gasteiger charge is 2.07. The van der Waals surface area contributed by atoms with Crippen LogP contribution in [0.4, 0.5) is 8.78 Å². The Hall–Kier alpha value is -1.74. The van der Waals surface area contributed by atoms with Crippen molar-refractivity contribution in [3.05, 3.63) is 59.2 Å². The lowest BCUT2D eigenvalue weighted by Crippen LogP contribution is -2.06. The van der Waals surface area contributed by atoms with Gasteiger partial charge in [-0.05, 0) is 48.9 Å². The van der Waals surface area contributed by atoms with Crippen molar-refractivity contribution in [2.45, 2.75) is 13.5 Å². The fraction of sp³-hybridized carbons (Fsp3) is 0.200. The summed E-state index contributed by atoms with van der Waals surface area (Å²) in [5, 5.41) is 2.90. The average Bonchev–Trinajstić information content (AvgIpc) is 2.35. The summed E-state index contributed by atoms with van der Waals surface area (Å²) in [6, 6.07) is 9.54. The fourth-order valence-electron chi connectivity index (χ4n) is 1.95. The molecular formula is C15H15F2N. The van der Waals surface area contributed by atoms with Gasteiger partial charge in [-0.3, -0.25) is 0 Å².